The van der Waals surface area contributed by atoms with Gasteiger partial charge in [0.15, 0.2) is 0 Å². The zero-order chi connectivity index (χ0) is 25.8. The summed E-state index contributed by atoms with van der Waals surface area (Å²) in [6.45, 7) is 5.37. The van der Waals surface area contributed by atoms with Gasteiger partial charge in [-0.15, -0.1) is 0 Å². The van der Waals surface area contributed by atoms with E-state index in [0.29, 0.717) is 29.7 Å². The molecule has 6 rings (SSSR count). The lowest BCUT2D eigenvalue weighted by molar-refractivity contribution is -0.121. The van der Waals surface area contributed by atoms with Gasteiger partial charge in [-0.1, -0.05) is 12.5 Å². The zero-order valence-electron chi connectivity index (χ0n) is 21.4. The van der Waals surface area contributed by atoms with Crippen molar-refractivity contribution in [1.29, 1.82) is 0 Å². The summed E-state index contributed by atoms with van der Waals surface area (Å²) in [5.41, 5.74) is 2.56. The molecule has 37 heavy (non-hydrogen) atoms. The molecule has 2 aliphatic carbocycles. The quantitative estimate of drug-likeness (QED) is 0.533. The van der Waals surface area contributed by atoms with Gasteiger partial charge in [0.25, 0.3) is 10.0 Å². The zero-order valence-corrected chi connectivity index (χ0v) is 22.2. The highest BCUT2D eigenvalue weighted by atomic mass is 32.2. The predicted octanol–water partition coefficient (Wildman–Crippen LogP) is 3.49. The molecule has 0 spiro atoms. The summed E-state index contributed by atoms with van der Waals surface area (Å²) in [5.74, 6) is 0.834. The molecular weight excluding hydrogens is 486 g/mol. The Morgan fingerprint density at radius 1 is 1.08 bits per heavy atom. The molecule has 2 saturated carbocycles. The van der Waals surface area contributed by atoms with Crippen LogP contribution in [-0.4, -0.2) is 62.4 Å². The van der Waals surface area contributed by atoms with Gasteiger partial charge in [-0.3, -0.25) is 9.78 Å². The van der Waals surface area contributed by atoms with E-state index in [1.165, 1.54) is 12.5 Å². The van der Waals surface area contributed by atoms with E-state index >= 15 is 0 Å². The molecule has 0 bridgehead atoms. The van der Waals surface area contributed by atoms with Crippen LogP contribution < -0.4 is 9.62 Å². The molecule has 0 atom stereocenters. The van der Waals surface area contributed by atoms with E-state index in [9.17, 15) is 13.2 Å². The van der Waals surface area contributed by atoms with Crippen LogP contribution >= 0.6 is 0 Å². The molecule has 1 saturated heterocycles. The van der Waals surface area contributed by atoms with E-state index in [4.69, 9.17) is 4.98 Å². The number of pyridine rings is 2. The van der Waals surface area contributed by atoms with Crippen LogP contribution in [0.2, 0.25) is 0 Å². The standard InChI is InChI=1S/C28H33N5O3S/c1-19-9-10-22-24(30-19)7-4-8-25(22)37(35,36)31-27(34)28(11-12-28)23-17-21(20-5-3-6-20)18-29-26(23)33-15-13-32(2)14-16-33/h4,7-10,17-18,20H,3,5-6,11-16H2,1-2H3,(H,31,34). The summed E-state index contributed by atoms with van der Waals surface area (Å²) in [4.78, 5) is 27.7. The van der Waals surface area contributed by atoms with Crippen molar-refractivity contribution in [2.75, 3.05) is 38.1 Å². The van der Waals surface area contributed by atoms with Gasteiger partial charge in [0, 0.05) is 49.0 Å². The number of likely N-dealkylation sites (N-methyl/N-ethyl adjacent to an activating group) is 1. The van der Waals surface area contributed by atoms with E-state index in [-0.39, 0.29) is 4.90 Å². The first-order valence-electron chi connectivity index (χ1n) is 13.1. The lowest BCUT2D eigenvalue weighted by Crippen LogP contribution is -2.46. The Balaban J connectivity index is 1.35. The second-order valence-corrected chi connectivity index (χ2v) is 12.5. The third-order valence-corrected chi connectivity index (χ3v) is 9.70. The third kappa shape index (κ3) is 4.38. The minimum atomic E-state index is -4.10. The van der Waals surface area contributed by atoms with Crippen LogP contribution in [0.4, 0.5) is 5.82 Å². The minimum Gasteiger partial charge on any atom is -0.354 e. The number of piperazine rings is 1. The maximum atomic E-state index is 13.8. The number of aromatic nitrogens is 2. The highest BCUT2D eigenvalue weighted by Gasteiger charge is 2.54. The SMILES string of the molecule is Cc1ccc2c(S(=O)(=O)NC(=O)C3(c4cc(C5CCC5)cnc4N4CCN(C)CC4)CC3)cccc2n1. The fraction of sp³-hybridized carbons (Fsp3) is 0.464. The summed E-state index contributed by atoms with van der Waals surface area (Å²) < 4.78 is 29.5. The Hall–Kier alpha value is -3.04. The number of rotatable bonds is 6. The molecule has 3 heterocycles. The van der Waals surface area contributed by atoms with Gasteiger partial charge in [0.1, 0.15) is 5.82 Å². The van der Waals surface area contributed by atoms with Crippen molar-refractivity contribution in [2.45, 2.75) is 55.3 Å². The normalized spacial score (nSPS) is 20.0. The Morgan fingerprint density at radius 3 is 2.51 bits per heavy atom. The van der Waals surface area contributed by atoms with E-state index in [2.05, 4.69) is 32.6 Å². The molecule has 2 aromatic heterocycles. The van der Waals surface area contributed by atoms with Gasteiger partial charge in [0.05, 0.1) is 15.8 Å². The summed E-state index contributed by atoms with van der Waals surface area (Å²) in [7, 11) is -1.99. The molecule has 3 fully saturated rings. The molecule has 1 aromatic carbocycles. The van der Waals surface area contributed by atoms with Crippen LogP contribution in [0, 0.1) is 6.92 Å². The van der Waals surface area contributed by atoms with Gasteiger partial charge in [-0.05, 0) is 81.5 Å². The van der Waals surface area contributed by atoms with E-state index in [1.807, 2.05) is 13.1 Å². The smallest absolute Gasteiger partial charge is 0.264 e. The number of nitrogens with one attached hydrogen (secondary N) is 1. The van der Waals surface area contributed by atoms with E-state index in [0.717, 1.165) is 61.7 Å². The van der Waals surface area contributed by atoms with Crippen molar-refractivity contribution in [1.82, 2.24) is 19.6 Å². The highest BCUT2D eigenvalue weighted by molar-refractivity contribution is 7.90. The van der Waals surface area contributed by atoms with Crippen molar-refractivity contribution in [3.8, 4) is 0 Å². The van der Waals surface area contributed by atoms with Crippen LogP contribution in [0.1, 0.15) is 54.8 Å². The van der Waals surface area contributed by atoms with Crippen molar-refractivity contribution < 1.29 is 13.2 Å². The van der Waals surface area contributed by atoms with Crippen molar-refractivity contribution in [3.63, 3.8) is 0 Å². The minimum absolute atomic E-state index is 0.0716. The molecule has 1 N–H and O–H groups in total. The van der Waals surface area contributed by atoms with E-state index < -0.39 is 21.3 Å². The molecule has 0 radical (unpaired) electrons. The van der Waals surface area contributed by atoms with Crippen LogP contribution in [0.15, 0.2) is 47.5 Å². The lowest BCUT2D eigenvalue weighted by Gasteiger charge is -2.36. The molecular formula is C28H33N5O3S. The topological polar surface area (TPSA) is 95.5 Å². The van der Waals surface area contributed by atoms with Gasteiger partial charge in [-0.2, -0.15) is 0 Å². The van der Waals surface area contributed by atoms with Crippen LogP contribution in [0.5, 0.6) is 0 Å². The largest absolute Gasteiger partial charge is 0.354 e. The maximum absolute atomic E-state index is 13.8. The third-order valence-electron chi connectivity index (χ3n) is 8.32. The number of hydrogen-bond donors (Lipinski definition) is 1. The summed E-state index contributed by atoms with van der Waals surface area (Å²) in [5, 5.41) is 0.505. The number of benzene rings is 1. The number of sulfonamides is 1. The lowest BCUT2D eigenvalue weighted by atomic mass is 9.79. The molecule has 3 aromatic rings. The average Bonchev–Trinajstić information content (AvgIpc) is 3.65. The second kappa shape index (κ2) is 9.06. The van der Waals surface area contributed by atoms with Gasteiger partial charge in [-0.25, -0.2) is 18.1 Å². The molecule has 3 aliphatic rings. The molecule has 0 unspecified atom stereocenters. The van der Waals surface area contributed by atoms with Gasteiger partial charge < -0.3 is 9.80 Å². The fourth-order valence-electron chi connectivity index (χ4n) is 5.54. The first kappa shape index (κ1) is 24.3. The van der Waals surface area contributed by atoms with Crippen LogP contribution in [0.25, 0.3) is 10.9 Å². The second-order valence-electron chi connectivity index (χ2n) is 10.9. The molecule has 8 nitrogen and oxygen atoms in total. The number of anilines is 1. The Labute approximate surface area is 218 Å². The van der Waals surface area contributed by atoms with Gasteiger partial charge >= 0.3 is 0 Å². The predicted molar refractivity (Wildman–Crippen MR) is 143 cm³/mol. The van der Waals surface area contributed by atoms with Crippen molar-refractivity contribution in [3.05, 3.63) is 59.4 Å². The number of hydrogen-bond acceptors (Lipinski definition) is 7. The number of carbonyl (C=O) groups is 1. The van der Waals surface area contributed by atoms with E-state index in [1.54, 1.807) is 24.3 Å². The van der Waals surface area contributed by atoms with Gasteiger partial charge in [0.2, 0.25) is 5.91 Å². The maximum Gasteiger partial charge on any atom is 0.264 e. The monoisotopic (exact) mass is 519 g/mol. The molecule has 9 heteroatoms. The van der Waals surface area contributed by atoms with Crippen molar-refractivity contribution in [2.24, 2.45) is 0 Å². The first-order valence-corrected chi connectivity index (χ1v) is 14.6. The molecule has 194 valence electrons. The molecule has 1 amide bonds. The molecule has 1 aliphatic heterocycles. The van der Waals surface area contributed by atoms with Crippen molar-refractivity contribution >= 4 is 32.7 Å². The summed E-state index contributed by atoms with van der Waals surface area (Å²) in [6, 6.07) is 10.7. The Bertz CT molecular complexity index is 1470. The Morgan fingerprint density at radius 2 is 1.84 bits per heavy atom. The fourth-order valence-corrected chi connectivity index (χ4v) is 6.81. The number of fused-ring (bicyclic) bond motifs is 1. The summed E-state index contributed by atoms with van der Waals surface area (Å²) >= 11 is 0. The van der Waals surface area contributed by atoms with Crippen LogP contribution in [-0.2, 0) is 20.2 Å². The van der Waals surface area contributed by atoms with Crippen LogP contribution in [0.3, 0.4) is 0 Å². The average molecular weight is 520 g/mol. The Kier molecular flexibility index (Phi) is 5.95. The number of carbonyl (C=O) groups excluding carboxylic acids is 1. The number of nitrogens with zero attached hydrogens (tertiary/aromatic N) is 4. The number of aryl methyl sites for hydroxylation is 1. The number of amides is 1. The highest BCUT2D eigenvalue weighted by Crippen LogP contribution is 2.52. The first-order chi connectivity index (χ1) is 17.8. The summed E-state index contributed by atoms with van der Waals surface area (Å²) in [6.07, 6.45) is 6.68.